The molecule has 21 heavy (non-hydrogen) atoms. The molecule has 0 aliphatic carbocycles. The van der Waals surface area contributed by atoms with Crippen LogP contribution in [0, 0.1) is 13.8 Å². The summed E-state index contributed by atoms with van der Waals surface area (Å²) in [7, 11) is 0. The molecule has 0 amide bonds. The zero-order valence-corrected chi connectivity index (χ0v) is 11.5. The van der Waals surface area contributed by atoms with Crippen LogP contribution in [0.5, 0.6) is 5.75 Å². The Morgan fingerprint density at radius 1 is 1.19 bits per heavy atom. The number of alkyl halides is 3. The fourth-order valence-corrected chi connectivity index (χ4v) is 2.08. The van der Waals surface area contributed by atoms with E-state index in [1.807, 2.05) is 6.92 Å². The largest absolute Gasteiger partial charge is 0.573 e. The maximum absolute atomic E-state index is 12.4. The van der Waals surface area contributed by atoms with Gasteiger partial charge in [-0.05, 0) is 31.0 Å². The molecule has 112 valence electrons. The molecular weight excluding hydrogens is 283 g/mol. The fraction of sp³-hybridized carbons (Fsp3) is 0.267. The van der Waals surface area contributed by atoms with Crippen molar-refractivity contribution in [3.8, 4) is 5.75 Å². The molecule has 6 heteroatoms. The zero-order valence-electron chi connectivity index (χ0n) is 11.5. The molecule has 2 aromatic rings. The molecule has 1 atom stereocenters. The third kappa shape index (κ3) is 3.72. The third-order valence-corrected chi connectivity index (χ3v) is 2.95. The van der Waals surface area contributed by atoms with Crippen molar-refractivity contribution in [2.75, 3.05) is 0 Å². The highest BCUT2D eigenvalue weighted by Gasteiger charge is 2.33. The number of aromatic nitrogens is 1. The van der Waals surface area contributed by atoms with Crippen molar-refractivity contribution in [3.05, 3.63) is 58.9 Å². The molecule has 1 N–H and O–H groups in total. The lowest BCUT2D eigenvalue weighted by molar-refractivity contribution is -0.275. The monoisotopic (exact) mass is 297 g/mol. The Hall–Kier alpha value is -2.08. The Balaban J connectivity index is 2.41. The summed E-state index contributed by atoms with van der Waals surface area (Å²) in [5.41, 5.74) is 1.93. The minimum absolute atomic E-state index is 0.0225. The molecule has 1 unspecified atom stereocenters. The molecule has 0 aliphatic rings. The number of rotatable bonds is 3. The second-order valence-electron chi connectivity index (χ2n) is 4.70. The van der Waals surface area contributed by atoms with Gasteiger partial charge in [0.25, 0.3) is 0 Å². The first-order valence-electron chi connectivity index (χ1n) is 6.24. The quantitative estimate of drug-likeness (QED) is 0.939. The maximum atomic E-state index is 12.4. The normalized spacial score (nSPS) is 13.0. The number of nitrogens with zero attached hydrogens (tertiary/aromatic N) is 1. The van der Waals surface area contributed by atoms with Gasteiger partial charge in [0, 0.05) is 11.8 Å². The highest BCUT2D eigenvalue weighted by atomic mass is 19.4. The molecule has 0 spiro atoms. The minimum atomic E-state index is -4.81. The van der Waals surface area contributed by atoms with E-state index in [4.69, 9.17) is 0 Å². The predicted molar refractivity (Wildman–Crippen MR) is 70.9 cm³/mol. The topological polar surface area (TPSA) is 42.4 Å². The molecule has 0 saturated heterocycles. The average molecular weight is 297 g/mol. The number of hydrogen-bond acceptors (Lipinski definition) is 3. The average Bonchev–Trinajstić information content (AvgIpc) is 2.36. The van der Waals surface area contributed by atoms with E-state index >= 15 is 0 Å². The van der Waals surface area contributed by atoms with Gasteiger partial charge in [0.2, 0.25) is 0 Å². The number of benzene rings is 1. The Labute approximate surface area is 120 Å². The van der Waals surface area contributed by atoms with Crippen molar-refractivity contribution in [1.29, 1.82) is 0 Å². The van der Waals surface area contributed by atoms with Crippen molar-refractivity contribution in [2.24, 2.45) is 0 Å². The molecule has 1 heterocycles. The van der Waals surface area contributed by atoms with Crippen LogP contribution in [-0.4, -0.2) is 16.5 Å². The van der Waals surface area contributed by atoms with Crippen LogP contribution < -0.4 is 4.74 Å². The number of ether oxygens (including phenoxy) is 1. The number of hydrogen-bond donors (Lipinski definition) is 1. The maximum Gasteiger partial charge on any atom is 0.573 e. The molecule has 1 aromatic heterocycles. The molecule has 3 nitrogen and oxygen atoms in total. The van der Waals surface area contributed by atoms with Crippen molar-refractivity contribution in [3.63, 3.8) is 0 Å². The number of para-hydroxylation sites is 1. The summed E-state index contributed by atoms with van der Waals surface area (Å²) in [6, 6.07) is 7.29. The van der Waals surface area contributed by atoms with E-state index in [-0.39, 0.29) is 5.56 Å². The summed E-state index contributed by atoms with van der Waals surface area (Å²) < 4.78 is 41.2. The summed E-state index contributed by atoms with van der Waals surface area (Å²) in [6.07, 6.45) is -4.55. The highest BCUT2D eigenvalue weighted by molar-refractivity contribution is 5.40. The molecule has 2 rings (SSSR count). The van der Waals surface area contributed by atoms with E-state index in [0.717, 1.165) is 11.6 Å². The van der Waals surface area contributed by atoms with Gasteiger partial charge in [0.15, 0.2) is 0 Å². The number of aryl methyl sites for hydroxylation is 2. The van der Waals surface area contributed by atoms with E-state index in [1.54, 1.807) is 19.2 Å². The van der Waals surface area contributed by atoms with Crippen molar-refractivity contribution in [1.82, 2.24) is 4.98 Å². The minimum Gasteiger partial charge on any atom is -0.405 e. The molecular formula is C15H14F3NO2. The van der Waals surface area contributed by atoms with Gasteiger partial charge in [-0.25, -0.2) is 0 Å². The molecule has 1 aromatic carbocycles. The summed E-state index contributed by atoms with van der Waals surface area (Å²) in [4.78, 5) is 4.10. The van der Waals surface area contributed by atoms with Gasteiger partial charge in [-0.2, -0.15) is 0 Å². The van der Waals surface area contributed by atoms with Crippen LogP contribution in [0.1, 0.15) is 28.5 Å². The van der Waals surface area contributed by atoms with E-state index in [0.29, 0.717) is 11.3 Å². The van der Waals surface area contributed by atoms with Crippen LogP contribution in [-0.2, 0) is 0 Å². The van der Waals surface area contributed by atoms with Crippen molar-refractivity contribution >= 4 is 0 Å². The van der Waals surface area contributed by atoms with Gasteiger partial charge in [-0.15, -0.1) is 13.2 Å². The SMILES string of the molecule is Cc1cnc(C(O)c2ccccc2OC(F)(F)F)c(C)c1. The summed E-state index contributed by atoms with van der Waals surface area (Å²) in [5.74, 6) is -0.431. The molecule has 0 bridgehead atoms. The van der Waals surface area contributed by atoms with Crippen LogP contribution in [0.25, 0.3) is 0 Å². The van der Waals surface area contributed by atoms with Crippen molar-refractivity contribution < 1.29 is 23.0 Å². The lowest BCUT2D eigenvalue weighted by atomic mass is 10.0. The molecule has 0 saturated carbocycles. The van der Waals surface area contributed by atoms with Gasteiger partial charge < -0.3 is 9.84 Å². The summed E-state index contributed by atoms with van der Waals surface area (Å²) >= 11 is 0. The standard InChI is InChI=1S/C15H14F3NO2/c1-9-7-10(2)13(19-8-9)14(20)11-5-3-4-6-12(11)21-15(16,17)18/h3-8,14,20H,1-2H3. The number of aliphatic hydroxyl groups excluding tert-OH is 1. The third-order valence-electron chi connectivity index (χ3n) is 2.95. The Kier molecular flexibility index (Phi) is 4.18. The van der Waals surface area contributed by atoms with Gasteiger partial charge in [0.05, 0.1) is 5.69 Å². The first-order chi connectivity index (χ1) is 9.78. The fourth-order valence-electron chi connectivity index (χ4n) is 2.08. The van der Waals surface area contributed by atoms with Crippen molar-refractivity contribution in [2.45, 2.75) is 26.3 Å². The van der Waals surface area contributed by atoms with E-state index in [1.165, 1.54) is 18.2 Å². The lowest BCUT2D eigenvalue weighted by Gasteiger charge is -2.18. The molecule has 0 aliphatic heterocycles. The van der Waals surface area contributed by atoms with Gasteiger partial charge in [-0.1, -0.05) is 24.3 Å². The van der Waals surface area contributed by atoms with Crippen LogP contribution in [0.4, 0.5) is 13.2 Å². The van der Waals surface area contributed by atoms with Crippen LogP contribution in [0.15, 0.2) is 36.5 Å². The van der Waals surface area contributed by atoms with Gasteiger partial charge >= 0.3 is 6.36 Å². The van der Waals surface area contributed by atoms with Gasteiger partial charge in [0.1, 0.15) is 11.9 Å². The lowest BCUT2D eigenvalue weighted by Crippen LogP contribution is -2.19. The molecule has 0 radical (unpaired) electrons. The Morgan fingerprint density at radius 2 is 1.86 bits per heavy atom. The second-order valence-corrected chi connectivity index (χ2v) is 4.70. The predicted octanol–water partition coefficient (Wildman–Crippen LogP) is 3.68. The second kappa shape index (κ2) is 5.73. The zero-order chi connectivity index (χ0) is 15.6. The van der Waals surface area contributed by atoms with Crippen LogP contribution in [0.3, 0.4) is 0 Å². The highest BCUT2D eigenvalue weighted by Crippen LogP contribution is 2.33. The summed E-state index contributed by atoms with van der Waals surface area (Å²) in [6.45, 7) is 3.59. The van der Waals surface area contributed by atoms with Crippen LogP contribution >= 0.6 is 0 Å². The Morgan fingerprint density at radius 3 is 2.48 bits per heavy atom. The summed E-state index contributed by atoms with van der Waals surface area (Å²) in [5, 5.41) is 10.3. The van der Waals surface area contributed by atoms with E-state index in [2.05, 4.69) is 9.72 Å². The first kappa shape index (κ1) is 15.3. The smallest absolute Gasteiger partial charge is 0.405 e. The van der Waals surface area contributed by atoms with E-state index in [9.17, 15) is 18.3 Å². The molecule has 0 fully saturated rings. The van der Waals surface area contributed by atoms with E-state index < -0.39 is 18.2 Å². The van der Waals surface area contributed by atoms with Crippen LogP contribution in [0.2, 0.25) is 0 Å². The first-order valence-corrected chi connectivity index (χ1v) is 6.24. The van der Waals surface area contributed by atoms with Gasteiger partial charge in [-0.3, -0.25) is 4.98 Å². The number of halogens is 3. The number of aliphatic hydroxyl groups is 1. The Bertz CT molecular complexity index is 641. The number of pyridine rings is 1.